The molecule has 0 aliphatic heterocycles. The first-order chi connectivity index (χ1) is 8.05. The van der Waals surface area contributed by atoms with Gasteiger partial charge < -0.3 is 9.72 Å². The minimum Gasteiger partial charge on any atom is -0.431 e. The first kappa shape index (κ1) is 11.3. The van der Waals surface area contributed by atoms with Crippen LogP contribution in [0.1, 0.15) is 12.6 Å². The molecule has 0 aliphatic carbocycles. The summed E-state index contributed by atoms with van der Waals surface area (Å²) >= 11 is 0. The highest BCUT2D eigenvalue weighted by Crippen LogP contribution is 2.22. The van der Waals surface area contributed by atoms with Crippen LogP contribution in [0.15, 0.2) is 30.3 Å². The van der Waals surface area contributed by atoms with Crippen molar-refractivity contribution in [1.82, 2.24) is 4.98 Å². The molecule has 1 aromatic heterocycles. The maximum atomic E-state index is 11.0. The molecule has 2 rings (SSSR count). The molecule has 1 unspecified atom stereocenters. The smallest absolute Gasteiger partial charge is 0.305 e. The Bertz CT molecular complexity index is 543. The van der Waals surface area contributed by atoms with Crippen LogP contribution in [0.3, 0.4) is 0 Å². The van der Waals surface area contributed by atoms with E-state index in [1.54, 1.807) is 6.07 Å². The monoisotopic (exact) mass is 232 g/mol. The fourth-order valence-corrected chi connectivity index (χ4v) is 1.66. The number of benzene rings is 1. The largest absolute Gasteiger partial charge is 0.431 e. The molecule has 1 heterocycles. The van der Waals surface area contributed by atoms with E-state index in [2.05, 4.69) is 4.98 Å². The van der Waals surface area contributed by atoms with Gasteiger partial charge in [0.15, 0.2) is 6.29 Å². The molecule has 1 aromatic carbocycles. The Balaban J connectivity index is 2.49. The van der Waals surface area contributed by atoms with Gasteiger partial charge in [0.25, 0.3) is 5.72 Å². The number of aromatic amines is 1. The van der Waals surface area contributed by atoms with E-state index in [4.69, 9.17) is 10.5 Å². The molecule has 0 fully saturated rings. The van der Waals surface area contributed by atoms with Gasteiger partial charge >= 0.3 is 5.97 Å². The number of nitrogens with two attached hydrogens (primary N) is 1. The number of hydrogen-bond acceptors (Lipinski definition) is 4. The fourth-order valence-electron chi connectivity index (χ4n) is 1.66. The Morgan fingerprint density at radius 3 is 2.76 bits per heavy atom. The minimum absolute atomic E-state index is 0.351. The number of nitrogens with one attached hydrogen (secondary N) is 1. The predicted octanol–water partition coefficient (Wildman–Crippen LogP) is 1.04. The summed E-state index contributed by atoms with van der Waals surface area (Å²) in [5.74, 6) is -0.613. The number of ether oxygens (including phenoxy) is 1. The highest BCUT2D eigenvalue weighted by Gasteiger charge is 2.32. The molecule has 17 heavy (non-hydrogen) atoms. The number of hydrogen-bond donors (Lipinski definition) is 2. The van der Waals surface area contributed by atoms with E-state index < -0.39 is 11.7 Å². The van der Waals surface area contributed by atoms with Gasteiger partial charge in [-0.25, -0.2) is 0 Å². The minimum atomic E-state index is -1.76. The summed E-state index contributed by atoms with van der Waals surface area (Å²) < 4.78 is 4.84. The average molecular weight is 232 g/mol. The zero-order valence-corrected chi connectivity index (χ0v) is 9.27. The van der Waals surface area contributed by atoms with Crippen LogP contribution < -0.4 is 5.73 Å². The van der Waals surface area contributed by atoms with E-state index >= 15 is 0 Å². The molecule has 3 N–H and O–H groups in total. The van der Waals surface area contributed by atoms with Crippen molar-refractivity contribution in [2.45, 2.75) is 12.6 Å². The normalized spacial score (nSPS) is 14.2. The molecule has 0 spiro atoms. The van der Waals surface area contributed by atoms with Crippen LogP contribution in [-0.2, 0) is 20.1 Å². The Labute approximate surface area is 97.6 Å². The predicted molar refractivity (Wildman–Crippen MR) is 62.0 cm³/mol. The molecule has 2 aromatic rings. The van der Waals surface area contributed by atoms with E-state index in [1.165, 1.54) is 6.92 Å². The fraction of sp³-hybridized carbons (Fsp3) is 0.167. The van der Waals surface area contributed by atoms with Crippen LogP contribution in [0, 0.1) is 0 Å². The Hall–Kier alpha value is -2.14. The van der Waals surface area contributed by atoms with Gasteiger partial charge in [0.2, 0.25) is 0 Å². The molecule has 0 radical (unpaired) electrons. The molecule has 0 aliphatic rings. The number of fused-ring (bicyclic) bond motifs is 1. The van der Waals surface area contributed by atoms with Gasteiger partial charge in [-0.05, 0) is 17.5 Å². The Morgan fingerprint density at radius 1 is 1.47 bits per heavy atom. The van der Waals surface area contributed by atoms with E-state index in [0.29, 0.717) is 12.0 Å². The number of H-pyrrole nitrogens is 1. The van der Waals surface area contributed by atoms with Crippen molar-refractivity contribution in [3.8, 4) is 0 Å². The lowest BCUT2D eigenvalue weighted by Crippen LogP contribution is -2.43. The standard InChI is InChI=1S/C12H12N2O3/c1-8(16)17-12(13,7-15)11-6-9-4-2-3-5-10(9)14-11/h2-7,14H,13H2,1H3. The number of esters is 1. The second kappa shape index (κ2) is 4.03. The van der Waals surface area contributed by atoms with Crippen molar-refractivity contribution >= 4 is 23.2 Å². The van der Waals surface area contributed by atoms with E-state index in [9.17, 15) is 9.59 Å². The van der Waals surface area contributed by atoms with Crippen molar-refractivity contribution in [3.05, 3.63) is 36.0 Å². The van der Waals surface area contributed by atoms with Crippen LogP contribution >= 0.6 is 0 Å². The first-order valence-electron chi connectivity index (χ1n) is 5.08. The number of carbonyl (C=O) groups is 2. The molecule has 0 saturated carbocycles. The van der Waals surface area contributed by atoms with Gasteiger partial charge in [0.1, 0.15) is 0 Å². The zero-order valence-electron chi connectivity index (χ0n) is 9.27. The molecule has 0 saturated heterocycles. The lowest BCUT2D eigenvalue weighted by molar-refractivity contribution is -0.161. The van der Waals surface area contributed by atoms with E-state index in [1.807, 2.05) is 24.3 Å². The number of aromatic nitrogens is 1. The summed E-state index contributed by atoms with van der Waals surface area (Å²) in [6.45, 7) is 1.20. The SMILES string of the molecule is CC(=O)OC(N)(C=O)c1cc2ccccc2[nH]1. The molecule has 5 nitrogen and oxygen atoms in total. The van der Waals surface area contributed by atoms with Gasteiger partial charge in [-0.2, -0.15) is 0 Å². The number of para-hydroxylation sites is 1. The topological polar surface area (TPSA) is 85.2 Å². The Kier molecular flexibility index (Phi) is 2.69. The van der Waals surface area contributed by atoms with Gasteiger partial charge in [0.05, 0.1) is 5.69 Å². The van der Waals surface area contributed by atoms with E-state index in [0.717, 1.165) is 10.9 Å². The third-order valence-electron chi connectivity index (χ3n) is 2.44. The summed E-state index contributed by atoms with van der Waals surface area (Å²) in [5, 5.41) is 0.895. The van der Waals surface area contributed by atoms with Crippen LogP contribution in [0.25, 0.3) is 10.9 Å². The van der Waals surface area contributed by atoms with Gasteiger partial charge in [-0.1, -0.05) is 18.2 Å². The summed E-state index contributed by atoms with van der Waals surface area (Å²) in [6, 6.07) is 9.12. The quantitative estimate of drug-likeness (QED) is 0.470. The van der Waals surface area contributed by atoms with Crippen LogP contribution in [0.4, 0.5) is 0 Å². The highest BCUT2D eigenvalue weighted by atomic mass is 16.6. The summed E-state index contributed by atoms with van der Waals surface area (Å²) in [7, 11) is 0. The summed E-state index contributed by atoms with van der Waals surface area (Å²) in [5.41, 5.74) is 5.16. The summed E-state index contributed by atoms with van der Waals surface area (Å²) in [6.07, 6.45) is 0.402. The lowest BCUT2D eigenvalue weighted by Gasteiger charge is -2.20. The van der Waals surface area contributed by atoms with Gasteiger partial charge in [-0.15, -0.1) is 0 Å². The van der Waals surface area contributed by atoms with E-state index in [-0.39, 0.29) is 0 Å². The summed E-state index contributed by atoms with van der Waals surface area (Å²) in [4.78, 5) is 24.9. The maximum Gasteiger partial charge on any atom is 0.305 e. The average Bonchev–Trinajstić information content (AvgIpc) is 2.72. The maximum absolute atomic E-state index is 11.0. The lowest BCUT2D eigenvalue weighted by atomic mass is 10.1. The first-order valence-corrected chi connectivity index (χ1v) is 5.08. The van der Waals surface area contributed by atoms with Crippen LogP contribution in [0.5, 0.6) is 0 Å². The third-order valence-corrected chi connectivity index (χ3v) is 2.44. The second-order valence-electron chi connectivity index (χ2n) is 3.77. The third kappa shape index (κ3) is 2.05. The van der Waals surface area contributed by atoms with Gasteiger partial charge in [-0.3, -0.25) is 15.3 Å². The van der Waals surface area contributed by atoms with Crippen molar-refractivity contribution < 1.29 is 14.3 Å². The van der Waals surface area contributed by atoms with Crippen molar-refractivity contribution in [1.29, 1.82) is 0 Å². The molecular weight excluding hydrogens is 220 g/mol. The molecule has 0 amide bonds. The second-order valence-corrected chi connectivity index (χ2v) is 3.77. The molecule has 1 atom stereocenters. The molecule has 0 bridgehead atoms. The van der Waals surface area contributed by atoms with Crippen LogP contribution in [0.2, 0.25) is 0 Å². The molecule has 5 heteroatoms. The molecular formula is C12H12N2O3. The number of aldehydes is 1. The highest BCUT2D eigenvalue weighted by molar-refractivity contribution is 5.83. The Morgan fingerprint density at radius 2 is 2.18 bits per heavy atom. The van der Waals surface area contributed by atoms with Crippen molar-refractivity contribution in [2.75, 3.05) is 0 Å². The number of rotatable bonds is 3. The number of carbonyl (C=O) groups excluding carboxylic acids is 2. The van der Waals surface area contributed by atoms with Gasteiger partial charge in [0, 0.05) is 12.4 Å². The van der Waals surface area contributed by atoms with Crippen molar-refractivity contribution in [2.24, 2.45) is 5.73 Å². The zero-order chi connectivity index (χ0) is 12.5. The van der Waals surface area contributed by atoms with Crippen LogP contribution in [-0.4, -0.2) is 17.2 Å². The van der Waals surface area contributed by atoms with Crippen molar-refractivity contribution in [3.63, 3.8) is 0 Å². The molecule has 88 valence electrons.